The summed E-state index contributed by atoms with van der Waals surface area (Å²) in [6.07, 6.45) is 6.75. The number of hydrogen-bond acceptors (Lipinski definition) is 3. The van der Waals surface area contributed by atoms with Crippen LogP contribution in [0.2, 0.25) is 0 Å². The summed E-state index contributed by atoms with van der Waals surface area (Å²) in [5.41, 5.74) is 2.81. The van der Waals surface area contributed by atoms with E-state index >= 15 is 0 Å². The van der Waals surface area contributed by atoms with Gasteiger partial charge in [-0.05, 0) is 53.8 Å². The van der Waals surface area contributed by atoms with Crippen LogP contribution < -0.4 is 5.32 Å². The van der Waals surface area contributed by atoms with Crippen molar-refractivity contribution < 1.29 is 18.7 Å². The molecule has 1 aliphatic carbocycles. The zero-order valence-corrected chi connectivity index (χ0v) is 14.9. The van der Waals surface area contributed by atoms with Gasteiger partial charge in [-0.1, -0.05) is 36.4 Å². The van der Waals surface area contributed by atoms with E-state index in [1.807, 2.05) is 24.3 Å². The Labute approximate surface area is 157 Å². The highest BCUT2D eigenvalue weighted by Gasteiger charge is 2.25. The average molecular weight is 365 g/mol. The number of esters is 1. The summed E-state index contributed by atoms with van der Waals surface area (Å²) < 4.78 is 17.8. The fourth-order valence-corrected chi connectivity index (χ4v) is 2.50. The first-order chi connectivity index (χ1) is 13.0. The molecule has 0 spiro atoms. The van der Waals surface area contributed by atoms with Crippen LogP contribution in [0.25, 0.3) is 17.7 Å². The Morgan fingerprint density at radius 3 is 2.26 bits per heavy atom. The molecule has 5 heteroatoms. The first-order valence-electron chi connectivity index (χ1n) is 8.70. The van der Waals surface area contributed by atoms with Crippen LogP contribution in [0, 0.1) is 5.82 Å². The number of carbonyl (C=O) groups is 2. The molecule has 0 radical (unpaired) electrons. The topological polar surface area (TPSA) is 55.4 Å². The Morgan fingerprint density at radius 1 is 1.04 bits per heavy atom. The minimum absolute atomic E-state index is 0.168. The van der Waals surface area contributed by atoms with Crippen molar-refractivity contribution in [2.45, 2.75) is 18.9 Å². The predicted molar refractivity (Wildman–Crippen MR) is 103 cm³/mol. The van der Waals surface area contributed by atoms with E-state index in [0.717, 1.165) is 24.0 Å². The van der Waals surface area contributed by atoms with Crippen molar-refractivity contribution in [1.29, 1.82) is 0 Å². The molecule has 1 N–H and O–H groups in total. The third-order valence-corrected chi connectivity index (χ3v) is 4.17. The fourth-order valence-electron chi connectivity index (χ4n) is 2.50. The molecule has 0 aliphatic heterocycles. The molecule has 0 saturated heterocycles. The van der Waals surface area contributed by atoms with Crippen molar-refractivity contribution in [2.24, 2.45) is 0 Å². The van der Waals surface area contributed by atoms with Gasteiger partial charge in [0.25, 0.3) is 5.91 Å². The summed E-state index contributed by atoms with van der Waals surface area (Å²) >= 11 is 0. The van der Waals surface area contributed by atoms with Crippen molar-refractivity contribution >= 4 is 29.6 Å². The van der Waals surface area contributed by atoms with Crippen LogP contribution in [-0.2, 0) is 14.3 Å². The van der Waals surface area contributed by atoms with Crippen molar-refractivity contribution in [1.82, 2.24) is 5.32 Å². The van der Waals surface area contributed by atoms with Gasteiger partial charge < -0.3 is 10.1 Å². The second-order valence-corrected chi connectivity index (χ2v) is 6.34. The van der Waals surface area contributed by atoms with Gasteiger partial charge in [0.1, 0.15) is 5.82 Å². The Balaban J connectivity index is 1.85. The van der Waals surface area contributed by atoms with Gasteiger partial charge >= 0.3 is 5.97 Å². The van der Waals surface area contributed by atoms with Crippen LogP contribution >= 0.6 is 0 Å². The van der Waals surface area contributed by atoms with Crippen LogP contribution in [-0.4, -0.2) is 25.0 Å². The summed E-state index contributed by atoms with van der Waals surface area (Å²) in [6.45, 7) is 0. The molecule has 2 aromatic rings. The minimum atomic E-state index is -0.422. The van der Waals surface area contributed by atoms with Crippen LogP contribution in [0.15, 0.2) is 54.6 Å². The first kappa shape index (κ1) is 18.6. The molecule has 1 fully saturated rings. The lowest BCUT2D eigenvalue weighted by atomic mass is 10.0. The van der Waals surface area contributed by atoms with E-state index in [9.17, 15) is 14.0 Å². The van der Waals surface area contributed by atoms with Crippen LogP contribution in [0.1, 0.15) is 29.5 Å². The SMILES string of the molecule is COC(=O)/C=C/c1ccc(/C=C(\C(=O)NC2CC2)c2ccc(F)cc2)cc1. The molecule has 1 saturated carbocycles. The molecule has 138 valence electrons. The highest BCUT2D eigenvalue weighted by atomic mass is 19.1. The summed E-state index contributed by atoms with van der Waals surface area (Å²) in [6, 6.07) is 13.5. The lowest BCUT2D eigenvalue weighted by molar-refractivity contribution is -0.134. The Kier molecular flexibility index (Phi) is 5.81. The lowest BCUT2D eigenvalue weighted by Gasteiger charge is -2.09. The van der Waals surface area contributed by atoms with Gasteiger partial charge in [0, 0.05) is 17.7 Å². The molecule has 1 amide bonds. The standard InChI is InChI=1S/C22H20FNO3/c1-27-21(25)13-6-15-2-4-16(5-3-15)14-20(22(26)24-19-11-12-19)17-7-9-18(23)10-8-17/h2-10,13-14,19H,11-12H2,1H3,(H,24,26)/b13-6+,20-14-. The maximum Gasteiger partial charge on any atom is 0.330 e. The third-order valence-electron chi connectivity index (χ3n) is 4.17. The molecule has 1 aliphatic rings. The minimum Gasteiger partial charge on any atom is -0.466 e. The Hall–Kier alpha value is -3.21. The number of carbonyl (C=O) groups excluding carboxylic acids is 2. The number of nitrogens with one attached hydrogen (secondary N) is 1. The molecule has 2 aromatic carbocycles. The second kappa shape index (κ2) is 8.45. The quantitative estimate of drug-likeness (QED) is 0.481. The van der Waals surface area contributed by atoms with E-state index in [-0.39, 0.29) is 17.8 Å². The molecule has 0 bridgehead atoms. The number of halogens is 1. The monoisotopic (exact) mass is 365 g/mol. The number of hydrogen-bond donors (Lipinski definition) is 1. The molecule has 0 atom stereocenters. The summed E-state index contributed by atoms with van der Waals surface area (Å²) in [4.78, 5) is 23.8. The number of ether oxygens (including phenoxy) is 1. The maximum absolute atomic E-state index is 13.2. The van der Waals surface area contributed by atoms with E-state index in [2.05, 4.69) is 10.1 Å². The molecule has 0 aromatic heterocycles. The average Bonchev–Trinajstić information content (AvgIpc) is 3.50. The molecule has 0 unspecified atom stereocenters. The third kappa shape index (κ3) is 5.38. The molecule has 27 heavy (non-hydrogen) atoms. The highest BCUT2D eigenvalue weighted by molar-refractivity contribution is 6.24. The normalized spacial score (nSPS) is 14.2. The zero-order chi connectivity index (χ0) is 19.2. The number of methoxy groups -OCH3 is 1. The highest BCUT2D eigenvalue weighted by Crippen LogP contribution is 2.24. The van der Waals surface area contributed by atoms with Crippen LogP contribution in [0.3, 0.4) is 0 Å². The van der Waals surface area contributed by atoms with Gasteiger partial charge in [-0.25, -0.2) is 9.18 Å². The Bertz CT molecular complexity index is 879. The zero-order valence-electron chi connectivity index (χ0n) is 14.9. The number of rotatable bonds is 6. The summed E-state index contributed by atoms with van der Waals surface area (Å²) in [7, 11) is 1.32. The Morgan fingerprint density at radius 2 is 1.67 bits per heavy atom. The van der Waals surface area contributed by atoms with Crippen molar-refractivity contribution in [3.05, 3.63) is 77.1 Å². The molecule has 4 nitrogen and oxygen atoms in total. The summed E-state index contributed by atoms with van der Waals surface area (Å²) in [5.74, 6) is -0.935. The second-order valence-electron chi connectivity index (χ2n) is 6.34. The molecule has 0 heterocycles. The van der Waals surface area contributed by atoms with E-state index in [1.165, 1.54) is 25.3 Å². The summed E-state index contributed by atoms with van der Waals surface area (Å²) in [5, 5.41) is 2.97. The van der Waals surface area contributed by atoms with Crippen LogP contribution in [0.5, 0.6) is 0 Å². The van der Waals surface area contributed by atoms with Gasteiger partial charge in [0.2, 0.25) is 0 Å². The van der Waals surface area contributed by atoms with Crippen molar-refractivity contribution in [2.75, 3.05) is 7.11 Å². The van der Waals surface area contributed by atoms with Gasteiger partial charge in [-0.3, -0.25) is 4.79 Å². The van der Waals surface area contributed by atoms with E-state index < -0.39 is 5.97 Å². The van der Waals surface area contributed by atoms with E-state index in [1.54, 1.807) is 24.3 Å². The van der Waals surface area contributed by atoms with E-state index in [0.29, 0.717) is 11.1 Å². The fraction of sp³-hybridized carbons (Fsp3) is 0.182. The lowest BCUT2D eigenvalue weighted by Crippen LogP contribution is -2.26. The largest absolute Gasteiger partial charge is 0.466 e. The smallest absolute Gasteiger partial charge is 0.330 e. The molecular formula is C22H20FNO3. The first-order valence-corrected chi connectivity index (χ1v) is 8.70. The predicted octanol–water partition coefficient (Wildman–Crippen LogP) is 3.83. The molecular weight excluding hydrogens is 345 g/mol. The van der Waals surface area contributed by atoms with Gasteiger partial charge in [0.05, 0.1) is 7.11 Å². The van der Waals surface area contributed by atoms with Crippen molar-refractivity contribution in [3.8, 4) is 0 Å². The number of amides is 1. The molecule has 3 rings (SSSR count). The van der Waals surface area contributed by atoms with Gasteiger partial charge in [-0.2, -0.15) is 0 Å². The van der Waals surface area contributed by atoms with Gasteiger partial charge in [-0.15, -0.1) is 0 Å². The van der Waals surface area contributed by atoms with E-state index in [4.69, 9.17) is 0 Å². The van der Waals surface area contributed by atoms with Gasteiger partial charge in [0.15, 0.2) is 0 Å². The van der Waals surface area contributed by atoms with Crippen LogP contribution in [0.4, 0.5) is 4.39 Å². The maximum atomic E-state index is 13.2. The number of benzene rings is 2. The van der Waals surface area contributed by atoms with Crippen molar-refractivity contribution in [3.63, 3.8) is 0 Å².